The molecule has 3 heteroatoms. The summed E-state index contributed by atoms with van der Waals surface area (Å²) in [5, 5.41) is 12.8. The lowest BCUT2D eigenvalue weighted by Gasteiger charge is -2.22. The van der Waals surface area contributed by atoms with E-state index in [0.29, 0.717) is 18.1 Å². The summed E-state index contributed by atoms with van der Waals surface area (Å²) in [5.74, 6) is 1.83. The maximum absolute atomic E-state index is 10.8. The van der Waals surface area contributed by atoms with Gasteiger partial charge >= 0.3 is 0 Å². The minimum absolute atomic E-state index is 0.135. The number of hydrogen-bond acceptors (Lipinski definition) is 3. The molecule has 0 amide bonds. The van der Waals surface area contributed by atoms with E-state index in [1.807, 2.05) is 12.1 Å². The molecule has 0 bridgehead atoms. The van der Waals surface area contributed by atoms with Gasteiger partial charge in [0, 0.05) is 28.2 Å². The molecule has 0 unspecified atom stereocenters. The number of hydrogen-bond donors (Lipinski definition) is 1. The molecule has 25 heavy (non-hydrogen) atoms. The Balaban J connectivity index is 2.01. The molecule has 0 spiro atoms. The van der Waals surface area contributed by atoms with E-state index in [-0.39, 0.29) is 5.41 Å². The number of ether oxygens (including phenoxy) is 2. The Hall–Kier alpha value is -2.68. The number of benzene rings is 3. The summed E-state index contributed by atoms with van der Waals surface area (Å²) in [7, 11) is 1.64. The number of phenols is 1. The van der Waals surface area contributed by atoms with Crippen LogP contribution in [0.15, 0.2) is 36.4 Å². The highest BCUT2D eigenvalue weighted by molar-refractivity contribution is 6.08. The van der Waals surface area contributed by atoms with Crippen LogP contribution in [0.5, 0.6) is 17.2 Å². The molecule has 1 aliphatic heterocycles. The van der Waals surface area contributed by atoms with Crippen molar-refractivity contribution >= 4 is 10.8 Å². The van der Waals surface area contributed by atoms with Gasteiger partial charge in [-0.3, -0.25) is 0 Å². The summed E-state index contributed by atoms with van der Waals surface area (Å²) in [6.45, 7) is 5.10. The second-order valence-electron chi connectivity index (χ2n) is 7.40. The predicted octanol–water partition coefficient (Wildman–Crippen LogP) is 4.80. The van der Waals surface area contributed by atoms with Gasteiger partial charge in [0.05, 0.1) is 13.7 Å². The molecule has 3 aromatic rings. The first kappa shape index (κ1) is 14.6. The normalized spacial score (nSPS) is 16.3. The standard InChI is InChI=1S/C22H20O3/c1-22(2)15-7-5-4-6-12(15)20-16(22)11-17(23)14-10-18(24-3)21-13(19(14)20)8-9-25-21/h4-7,10-11,23H,8-9H2,1-3H3. The van der Waals surface area contributed by atoms with Gasteiger partial charge in [0.25, 0.3) is 0 Å². The molecule has 1 N–H and O–H groups in total. The number of rotatable bonds is 1. The highest BCUT2D eigenvalue weighted by atomic mass is 16.5. The van der Waals surface area contributed by atoms with Gasteiger partial charge in [-0.15, -0.1) is 0 Å². The van der Waals surface area contributed by atoms with Crippen molar-refractivity contribution in [1.29, 1.82) is 0 Å². The molecule has 1 aliphatic carbocycles. The zero-order valence-corrected chi connectivity index (χ0v) is 14.6. The quantitative estimate of drug-likeness (QED) is 0.696. The largest absolute Gasteiger partial charge is 0.507 e. The van der Waals surface area contributed by atoms with Gasteiger partial charge in [-0.2, -0.15) is 0 Å². The van der Waals surface area contributed by atoms with Crippen molar-refractivity contribution in [2.24, 2.45) is 0 Å². The van der Waals surface area contributed by atoms with Gasteiger partial charge in [-0.25, -0.2) is 0 Å². The fourth-order valence-corrected chi connectivity index (χ4v) is 4.57. The van der Waals surface area contributed by atoms with E-state index in [4.69, 9.17) is 9.47 Å². The van der Waals surface area contributed by atoms with Crippen LogP contribution in [0.3, 0.4) is 0 Å². The Morgan fingerprint density at radius 2 is 1.92 bits per heavy atom. The SMILES string of the molecule is COc1cc2c(O)cc3c(c2c2c1OCC2)-c1ccccc1C3(C)C. The second kappa shape index (κ2) is 4.69. The summed E-state index contributed by atoms with van der Waals surface area (Å²) < 4.78 is 11.4. The Bertz CT molecular complexity index is 1050. The molecule has 0 fully saturated rings. The molecule has 0 saturated carbocycles. The van der Waals surface area contributed by atoms with Crippen LogP contribution in [0.1, 0.15) is 30.5 Å². The molecular formula is C22H20O3. The van der Waals surface area contributed by atoms with Crippen LogP contribution in [0, 0.1) is 0 Å². The van der Waals surface area contributed by atoms with Crippen LogP contribution < -0.4 is 9.47 Å². The van der Waals surface area contributed by atoms with Crippen molar-refractivity contribution < 1.29 is 14.6 Å². The van der Waals surface area contributed by atoms with Crippen molar-refractivity contribution in [2.75, 3.05) is 13.7 Å². The molecule has 2 aliphatic rings. The topological polar surface area (TPSA) is 38.7 Å². The zero-order chi connectivity index (χ0) is 17.3. The molecule has 3 aromatic carbocycles. The second-order valence-corrected chi connectivity index (χ2v) is 7.40. The van der Waals surface area contributed by atoms with E-state index >= 15 is 0 Å². The average molecular weight is 332 g/mol. The summed E-state index contributed by atoms with van der Waals surface area (Å²) >= 11 is 0. The first-order valence-corrected chi connectivity index (χ1v) is 8.66. The first-order valence-electron chi connectivity index (χ1n) is 8.66. The van der Waals surface area contributed by atoms with E-state index in [1.54, 1.807) is 7.11 Å². The van der Waals surface area contributed by atoms with E-state index in [9.17, 15) is 5.11 Å². The van der Waals surface area contributed by atoms with Crippen molar-refractivity contribution in [3.63, 3.8) is 0 Å². The lowest BCUT2D eigenvalue weighted by molar-refractivity contribution is 0.326. The van der Waals surface area contributed by atoms with Crippen LogP contribution in [-0.2, 0) is 11.8 Å². The highest BCUT2D eigenvalue weighted by Gasteiger charge is 2.38. The van der Waals surface area contributed by atoms with Gasteiger partial charge in [-0.05, 0) is 34.4 Å². The number of fused-ring (bicyclic) bond motifs is 7. The maximum Gasteiger partial charge on any atom is 0.165 e. The molecule has 5 rings (SSSR count). The van der Waals surface area contributed by atoms with Gasteiger partial charge in [0.15, 0.2) is 11.5 Å². The smallest absolute Gasteiger partial charge is 0.165 e. The molecule has 0 aromatic heterocycles. The van der Waals surface area contributed by atoms with Gasteiger partial charge in [0.2, 0.25) is 0 Å². The summed E-state index contributed by atoms with van der Waals surface area (Å²) in [4.78, 5) is 0. The lowest BCUT2D eigenvalue weighted by atomic mass is 9.81. The Labute approximate surface area is 146 Å². The van der Waals surface area contributed by atoms with Gasteiger partial charge < -0.3 is 14.6 Å². The molecule has 0 atom stereocenters. The molecule has 0 radical (unpaired) electrons. The van der Waals surface area contributed by atoms with Gasteiger partial charge in [-0.1, -0.05) is 38.1 Å². The summed E-state index contributed by atoms with van der Waals surface area (Å²) in [6.07, 6.45) is 0.835. The van der Waals surface area contributed by atoms with Crippen molar-refractivity contribution in [3.8, 4) is 28.4 Å². The Morgan fingerprint density at radius 1 is 1.12 bits per heavy atom. The fraction of sp³-hybridized carbons (Fsp3) is 0.273. The van der Waals surface area contributed by atoms with Crippen LogP contribution in [-0.4, -0.2) is 18.8 Å². The molecular weight excluding hydrogens is 312 g/mol. The molecule has 3 nitrogen and oxygen atoms in total. The monoisotopic (exact) mass is 332 g/mol. The van der Waals surface area contributed by atoms with Crippen LogP contribution >= 0.6 is 0 Å². The third-order valence-corrected chi connectivity index (χ3v) is 5.78. The third-order valence-electron chi connectivity index (χ3n) is 5.78. The van der Waals surface area contributed by atoms with Crippen LogP contribution in [0.4, 0.5) is 0 Å². The van der Waals surface area contributed by atoms with Crippen molar-refractivity contribution in [3.05, 3.63) is 53.1 Å². The highest BCUT2D eigenvalue weighted by Crippen LogP contribution is 2.56. The summed E-state index contributed by atoms with van der Waals surface area (Å²) in [6, 6.07) is 12.4. The van der Waals surface area contributed by atoms with Crippen LogP contribution in [0.2, 0.25) is 0 Å². The Kier molecular flexibility index (Phi) is 2.75. The fourth-order valence-electron chi connectivity index (χ4n) is 4.57. The molecule has 0 saturated heterocycles. The Morgan fingerprint density at radius 3 is 2.72 bits per heavy atom. The lowest BCUT2D eigenvalue weighted by Crippen LogP contribution is -2.14. The maximum atomic E-state index is 10.8. The van der Waals surface area contributed by atoms with E-state index < -0.39 is 0 Å². The van der Waals surface area contributed by atoms with E-state index in [1.165, 1.54) is 22.3 Å². The predicted molar refractivity (Wildman–Crippen MR) is 98.9 cm³/mol. The molecule has 1 heterocycles. The zero-order valence-electron chi connectivity index (χ0n) is 14.6. The number of methoxy groups -OCH3 is 1. The number of aromatic hydroxyl groups is 1. The van der Waals surface area contributed by atoms with Crippen LogP contribution in [0.25, 0.3) is 21.9 Å². The average Bonchev–Trinajstić information content (AvgIpc) is 3.18. The van der Waals surface area contributed by atoms with Gasteiger partial charge in [0.1, 0.15) is 5.75 Å². The molecule has 126 valence electrons. The van der Waals surface area contributed by atoms with Crippen molar-refractivity contribution in [1.82, 2.24) is 0 Å². The van der Waals surface area contributed by atoms with E-state index in [2.05, 4.69) is 38.1 Å². The minimum Gasteiger partial charge on any atom is -0.507 e. The summed E-state index contributed by atoms with van der Waals surface area (Å²) in [5.41, 5.74) is 5.99. The third kappa shape index (κ3) is 1.70. The van der Waals surface area contributed by atoms with E-state index in [0.717, 1.165) is 28.5 Å². The number of phenolic OH excluding ortho intramolecular Hbond substituents is 1. The van der Waals surface area contributed by atoms with Crippen molar-refractivity contribution in [2.45, 2.75) is 25.7 Å². The minimum atomic E-state index is -0.135. The first-order chi connectivity index (χ1) is 12.0.